The number of rotatable bonds is 4. The second-order valence-electron chi connectivity index (χ2n) is 4.48. The zero-order chi connectivity index (χ0) is 14.4. The van der Waals surface area contributed by atoms with Crippen LogP contribution in [-0.2, 0) is 19.1 Å². The van der Waals surface area contributed by atoms with E-state index in [0.29, 0.717) is 0 Å². The SMILES string of the molecule is C#CC(C)(C)OC(=O)/C=C\C(=O)OC(C)(C)C#C. The van der Waals surface area contributed by atoms with Gasteiger partial charge in [-0.1, -0.05) is 11.8 Å². The van der Waals surface area contributed by atoms with Gasteiger partial charge in [-0.3, -0.25) is 0 Å². The highest BCUT2D eigenvalue weighted by molar-refractivity contribution is 5.92. The molecule has 0 amide bonds. The number of terminal acetylenes is 2. The van der Waals surface area contributed by atoms with Gasteiger partial charge in [0.25, 0.3) is 0 Å². The lowest BCUT2D eigenvalue weighted by Crippen LogP contribution is -2.26. The molecule has 0 fully saturated rings. The summed E-state index contributed by atoms with van der Waals surface area (Å²) in [5, 5.41) is 0. The summed E-state index contributed by atoms with van der Waals surface area (Å²) >= 11 is 0. The first kappa shape index (κ1) is 15.8. The largest absolute Gasteiger partial charge is 0.443 e. The van der Waals surface area contributed by atoms with E-state index < -0.39 is 23.1 Å². The number of carbonyl (C=O) groups excluding carboxylic acids is 2. The molecule has 4 heteroatoms. The fourth-order valence-corrected chi connectivity index (χ4v) is 0.766. The zero-order valence-corrected chi connectivity index (χ0v) is 10.9. The van der Waals surface area contributed by atoms with Crippen molar-refractivity contribution >= 4 is 11.9 Å². The number of esters is 2. The molecule has 0 aliphatic rings. The molecule has 0 atom stereocenters. The minimum atomic E-state index is -1.02. The average Bonchev–Trinajstić information content (AvgIpc) is 2.25. The first-order valence-electron chi connectivity index (χ1n) is 5.21. The van der Waals surface area contributed by atoms with Gasteiger partial charge >= 0.3 is 11.9 Å². The maximum Gasteiger partial charge on any atom is 0.332 e. The Hall–Kier alpha value is -2.20. The van der Waals surface area contributed by atoms with E-state index >= 15 is 0 Å². The molecular formula is C14H16O4. The van der Waals surface area contributed by atoms with Crippen LogP contribution in [0.4, 0.5) is 0 Å². The van der Waals surface area contributed by atoms with Gasteiger partial charge in [-0.05, 0) is 27.7 Å². The molecule has 0 unspecified atom stereocenters. The van der Waals surface area contributed by atoms with Gasteiger partial charge in [0.2, 0.25) is 0 Å². The van der Waals surface area contributed by atoms with Crippen molar-refractivity contribution in [1.82, 2.24) is 0 Å². The standard InChI is InChI=1S/C14H16O4/c1-7-13(3,4)17-11(15)9-10-12(16)18-14(5,6)8-2/h1-2,9-10H,3-6H3/b10-9-. The molecule has 0 bridgehead atoms. The van der Waals surface area contributed by atoms with Crippen LogP contribution < -0.4 is 0 Å². The predicted octanol–water partition coefficient (Wildman–Crippen LogP) is 1.45. The molecule has 0 saturated heterocycles. The van der Waals surface area contributed by atoms with Gasteiger partial charge < -0.3 is 9.47 Å². The van der Waals surface area contributed by atoms with Gasteiger partial charge in [0.1, 0.15) is 0 Å². The van der Waals surface area contributed by atoms with Gasteiger partial charge in [0.15, 0.2) is 11.2 Å². The summed E-state index contributed by atoms with van der Waals surface area (Å²) in [6, 6.07) is 0. The Labute approximate surface area is 107 Å². The lowest BCUT2D eigenvalue weighted by atomic mass is 10.1. The van der Waals surface area contributed by atoms with Crippen LogP contribution in [-0.4, -0.2) is 23.1 Å². The molecule has 0 saturated carbocycles. The Bertz CT molecular complexity index is 399. The molecule has 0 spiro atoms. The van der Waals surface area contributed by atoms with Crippen molar-refractivity contribution in [3.8, 4) is 24.7 Å². The lowest BCUT2D eigenvalue weighted by Gasteiger charge is -2.18. The van der Waals surface area contributed by atoms with E-state index in [-0.39, 0.29) is 0 Å². The zero-order valence-electron chi connectivity index (χ0n) is 10.9. The quantitative estimate of drug-likeness (QED) is 0.429. The molecular weight excluding hydrogens is 232 g/mol. The summed E-state index contributed by atoms with van der Waals surface area (Å²) in [6.07, 6.45) is 12.2. The van der Waals surface area contributed by atoms with Crippen molar-refractivity contribution in [1.29, 1.82) is 0 Å². The molecule has 4 nitrogen and oxygen atoms in total. The first-order valence-corrected chi connectivity index (χ1v) is 5.21. The minimum absolute atomic E-state index is 0.728. The second-order valence-corrected chi connectivity index (χ2v) is 4.48. The second kappa shape index (κ2) is 5.93. The van der Waals surface area contributed by atoms with Gasteiger partial charge in [-0.25, -0.2) is 9.59 Å². The Morgan fingerprint density at radius 2 is 1.17 bits per heavy atom. The number of carbonyl (C=O) groups is 2. The van der Waals surface area contributed by atoms with Crippen molar-refractivity contribution in [2.75, 3.05) is 0 Å². The molecule has 0 aromatic rings. The van der Waals surface area contributed by atoms with Gasteiger partial charge in [0.05, 0.1) is 0 Å². The van der Waals surface area contributed by atoms with Crippen LogP contribution in [0.25, 0.3) is 0 Å². The molecule has 0 heterocycles. The summed E-state index contributed by atoms with van der Waals surface area (Å²) in [5.74, 6) is 3.12. The van der Waals surface area contributed by atoms with Crippen LogP contribution in [0.1, 0.15) is 27.7 Å². The summed E-state index contributed by atoms with van der Waals surface area (Å²) < 4.78 is 9.77. The van der Waals surface area contributed by atoms with Gasteiger partial charge in [-0.2, -0.15) is 0 Å². The fraction of sp³-hybridized carbons (Fsp3) is 0.429. The van der Waals surface area contributed by atoms with E-state index in [1.807, 2.05) is 0 Å². The first-order chi connectivity index (χ1) is 8.12. The summed E-state index contributed by atoms with van der Waals surface area (Å²) in [7, 11) is 0. The third kappa shape index (κ3) is 6.40. The summed E-state index contributed by atoms with van der Waals surface area (Å²) in [6.45, 7) is 6.22. The van der Waals surface area contributed by atoms with Crippen molar-refractivity contribution in [2.24, 2.45) is 0 Å². The van der Waals surface area contributed by atoms with Crippen LogP contribution in [0.3, 0.4) is 0 Å². The molecule has 0 aliphatic carbocycles. The summed E-state index contributed by atoms with van der Waals surface area (Å²) in [5.41, 5.74) is -2.05. The predicted molar refractivity (Wildman–Crippen MR) is 67.1 cm³/mol. The van der Waals surface area contributed by atoms with Crippen molar-refractivity contribution in [3.05, 3.63) is 12.2 Å². The molecule has 96 valence electrons. The third-order valence-electron chi connectivity index (χ3n) is 1.76. The van der Waals surface area contributed by atoms with E-state index in [1.165, 1.54) is 0 Å². The van der Waals surface area contributed by atoms with Gasteiger partial charge in [0, 0.05) is 12.2 Å². The Morgan fingerprint density at radius 1 is 0.889 bits per heavy atom. The fourth-order valence-electron chi connectivity index (χ4n) is 0.766. The van der Waals surface area contributed by atoms with Crippen LogP contribution >= 0.6 is 0 Å². The topological polar surface area (TPSA) is 52.6 Å². The van der Waals surface area contributed by atoms with E-state index in [4.69, 9.17) is 22.3 Å². The normalized spacial score (nSPS) is 11.4. The van der Waals surface area contributed by atoms with Crippen molar-refractivity contribution in [3.63, 3.8) is 0 Å². The maximum absolute atomic E-state index is 11.3. The monoisotopic (exact) mass is 248 g/mol. The average molecular weight is 248 g/mol. The van der Waals surface area contributed by atoms with E-state index in [2.05, 4.69) is 11.8 Å². The van der Waals surface area contributed by atoms with Crippen molar-refractivity contribution in [2.45, 2.75) is 38.9 Å². The molecule has 0 aromatic heterocycles. The molecule has 0 N–H and O–H groups in total. The van der Waals surface area contributed by atoms with E-state index in [9.17, 15) is 9.59 Å². The molecule has 0 radical (unpaired) electrons. The van der Waals surface area contributed by atoms with Crippen LogP contribution in [0.15, 0.2) is 12.2 Å². The Balaban J connectivity index is 4.43. The number of hydrogen-bond donors (Lipinski definition) is 0. The Kier molecular flexibility index (Phi) is 5.21. The molecule has 0 aliphatic heterocycles. The lowest BCUT2D eigenvalue weighted by molar-refractivity contribution is -0.148. The highest BCUT2D eigenvalue weighted by Gasteiger charge is 2.20. The molecule has 0 rings (SSSR count). The van der Waals surface area contributed by atoms with Gasteiger partial charge in [-0.15, -0.1) is 12.8 Å². The minimum Gasteiger partial charge on any atom is -0.443 e. The smallest absolute Gasteiger partial charge is 0.332 e. The highest BCUT2D eigenvalue weighted by Crippen LogP contribution is 2.09. The Morgan fingerprint density at radius 3 is 1.39 bits per heavy atom. The van der Waals surface area contributed by atoms with Crippen LogP contribution in [0, 0.1) is 24.7 Å². The van der Waals surface area contributed by atoms with E-state index in [0.717, 1.165) is 12.2 Å². The molecule has 18 heavy (non-hydrogen) atoms. The number of hydrogen-bond acceptors (Lipinski definition) is 4. The molecule has 0 aromatic carbocycles. The summed E-state index contributed by atoms with van der Waals surface area (Å²) in [4.78, 5) is 22.6. The van der Waals surface area contributed by atoms with Crippen molar-refractivity contribution < 1.29 is 19.1 Å². The van der Waals surface area contributed by atoms with Crippen LogP contribution in [0.5, 0.6) is 0 Å². The van der Waals surface area contributed by atoms with Crippen LogP contribution in [0.2, 0.25) is 0 Å². The van der Waals surface area contributed by atoms with E-state index in [1.54, 1.807) is 27.7 Å². The number of ether oxygens (including phenoxy) is 2. The highest BCUT2D eigenvalue weighted by atomic mass is 16.6. The third-order valence-corrected chi connectivity index (χ3v) is 1.76. The maximum atomic E-state index is 11.3.